The number of benzene rings is 1. The second-order valence-electron chi connectivity index (χ2n) is 5.35. The number of nitrogens with one attached hydrogen (secondary N) is 1. The first-order valence-electron chi connectivity index (χ1n) is 7.16. The van der Waals surface area contributed by atoms with Crippen LogP contribution in [0, 0.1) is 5.92 Å². The molecule has 1 atom stereocenters. The normalized spacial score (nSPS) is 16.0. The molecule has 3 rings (SSSR count). The van der Waals surface area contributed by atoms with Gasteiger partial charge in [-0.1, -0.05) is 24.3 Å². The summed E-state index contributed by atoms with van der Waals surface area (Å²) in [5.74, 6) is 1.18. The number of ether oxygens (including phenoxy) is 1. The first-order valence-corrected chi connectivity index (χ1v) is 7.16. The summed E-state index contributed by atoms with van der Waals surface area (Å²) in [5, 5.41) is 3.24. The molecule has 4 heteroatoms. The van der Waals surface area contributed by atoms with Gasteiger partial charge in [0.15, 0.2) is 0 Å². The molecule has 0 bridgehead atoms. The Morgan fingerprint density at radius 3 is 2.81 bits per heavy atom. The van der Waals surface area contributed by atoms with Gasteiger partial charge in [0.2, 0.25) is 5.88 Å². The summed E-state index contributed by atoms with van der Waals surface area (Å²) in [6, 6.07) is 13.1. The van der Waals surface area contributed by atoms with Crippen molar-refractivity contribution in [2.24, 2.45) is 5.92 Å². The number of hydrogen-bond donors (Lipinski definition) is 1. The Bertz CT molecular complexity index is 638. The monoisotopic (exact) mass is 282 g/mol. The summed E-state index contributed by atoms with van der Waals surface area (Å²) in [6.45, 7) is 4.08. The number of carbonyl (C=O) groups is 1. The third-order valence-corrected chi connectivity index (χ3v) is 3.83. The molecule has 0 saturated carbocycles. The van der Waals surface area contributed by atoms with Crippen LogP contribution < -0.4 is 10.1 Å². The van der Waals surface area contributed by atoms with Gasteiger partial charge in [0.25, 0.3) is 0 Å². The Morgan fingerprint density at radius 1 is 1.29 bits per heavy atom. The molecule has 1 aromatic heterocycles. The molecule has 2 aromatic rings. The van der Waals surface area contributed by atoms with Gasteiger partial charge >= 0.3 is 0 Å². The Hall–Kier alpha value is -2.20. The molecule has 1 aliphatic rings. The number of aromatic nitrogens is 1. The Morgan fingerprint density at radius 2 is 2.10 bits per heavy atom. The molecule has 1 aromatic carbocycles. The minimum Gasteiger partial charge on any atom is -0.474 e. The average Bonchev–Trinajstić information content (AvgIpc) is 2.45. The summed E-state index contributed by atoms with van der Waals surface area (Å²) in [6.07, 6.45) is 0.991. The van der Waals surface area contributed by atoms with Crippen LogP contribution in [0.25, 0.3) is 11.3 Å². The molecule has 1 N–H and O–H groups in total. The first kappa shape index (κ1) is 13.8. The van der Waals surface area contributed by atoms with E-state index in [1.807, 2.05) is 36.4 Å². The third kappa shape index (κ3) is 3.11. The van der Waals surface area contributed by atoms with Crippen molar-refractivity contribution in [2.45, 2.75) is 13.0 Å². The standard InChI is InChI=1S/C17H18N2O2/c1-12(15-9-18-10-15)21-17-7-3-6-16(19-17)14-5-2-4-13(8-14)11-20/h2-8,11-12,15,18H,9-10H2,1H3. The summed E-state index contributed by atoms with van der Waals surface area (Å²) in [4.78, 5) is 15.4. The Balaban J connectivity index is 1.80. The van der Waals surface area contributed by atoms with Crippen molar-refractivity contribution in [3.63, 3.8) is 0 Å². The van der Waals surface area contributed by atoms with E-state index in [1.165, 1.54) is 0 Å². The van der Waals surface area contributed by atoms with E-state index in [0.29, 0.717) is 17.4 Å². The molecule has 1 unspecified atom stereocenters. The van der Waals surface area contributed by atoms with E-state index in [1.54, 1.807) is 6.07 Å². The van der Waals surface area contributed by atoms with E-state index >= 15 is 0 Å². The van der Waals surface area contributed by atoms with Crippen LogP contribution in [0.4, 0.5) is 0 Å². The minimum atomic E-state index is 0.148. The van der Waals surface area contributed by atoms with Crippen LogP contribution in [-0.4, -0.2) is 30.5 Å². The van der Waals surface area contributed by atoms with Gasteiger partial charge in [0.1, 0.15) is 12.4 Å². The van der Waals surface area contributed by atoms with E-state index in [9.17, 15) is 4.79 Å². The summed E-state index contributed by atoms with van der Waals surface area (Å²) in [7, 11) is 0. The van der Waals surface area contributed by atoms with Crippen LogP contribution in [0.3, 0.4) is 0 Å². The zero-order valence-corrected chi connectivity index (χ0v) is 12.0. The van der Waals surface area contributed by atoms with Gasteiger partial charge in [-0.05, 0) is 19.1 Å². The predicted molar refractivity (Wildman–Crippen MR) is 81.5 cm³/mol. The first-order chi connectivity index (χ1) is 10.3. The molecule has 1 fully saturated rings. The predicted octanol–water partition coefficient (Wildman–Crippen LogP) is 2.55. The Kier molecular flexibility index (Phi) is 3.97. The quantitative estimate of drug-likeness (QED) is 0.856. The van der Waals surface area contributed by atoms with Crippen molar-refractivity contribution < 1.29 is 9.53 Å². The van der Waals surface area contributed by atoms with Crippen LogP contribution in [0.15, 0.2) is 42.5 Å². The molecule has 4 nitrogen and oxygen atoms in total. The highest BCUT2D eigenvalue weighted by Gasteiger charge is 2.25. The van der Waals surface area contributed by atoms with Crippen LogP contribution in [0.2, 0.25) is 0 Å². The maximum absolute atomic E-state index is 10.9. The molecular weight excluding hydrogens is 264 g/mol. The van der Waals surface area contributed by atoms with E-state index in [4.69, 9.17) is 4.74 Å². The number of aldehydes is 1. The summed E-state index contributed by atoms with van der Waals surface area (Å²) >= 11 is 0. The highest BCUT2D eigenvalue weighted by molar-refractivity contribution is 5.78. The van der Waals surface area contributed by atoms with Crippen LogP contribution in [-0.2, 0) is 0 Å². The van der Waals surface area contributed by atoms with Gasteiger partial charge in [0, 0.05) is 36.2 Å². The molecule has 108 valence electrons. The maximum atomic E-state index is 10.9. The zero-order chi connectivity index (χ0) is 14.7. The molecule has 0 spiro atoms. The average molecular weight is 282 g/mol. The lowest BCUT2D eigenvalue weighted by Crippen LogP contribution is -2.49. The van der Waals surface area contributed by atoms with Crippen molar-refractivity contribution in [1.29, 1.82) is 0 Å². The second-order valence-corrected chi connectivity index (χ2v) is 5.35. The van der Waals surface area contributed by atoms with E-state index < -0.39 is 0 Å². The van der Waals surface area contributed by atoms with Gasteiger partial charge < -0.3 is 10.1 Å². The Labute approximate surface area is 124 Å². The molecule has 0 amide bonds. The molecule has 21 heavy (non-hydrogen) atoms. The molecule has 1 saturated heterocycles. The number of rotatable bonds is 5. The van der Waals surface area contributed by atoms with Gasteiger partial charge in [-0.15, -0.1) is 0 Å². The highest BCUT2D eigenvalue weighted by atomic mass is 16.5. The SMILES string of the molecule is CC(Oc1cccc(-c2cccc(C=O)c2)n1)C1CNC1. The van der Waals surface area contributed by atoms with E-state index in [-0.39, 0.29) is 6.10 Å². The lowest BCUT2D eigenvalue weighted by atomic mass is 9.98. The van der Waals surface area contributed by atoms with Crippen LogP contribution in [0.5, 0.6) is 5.88 Å². The second kappa shape index (κ2) is 6.06. The summed E-state index contributed by atoms with van der Waals surface area (Å²) < 4.78 is 5.92. The lowest BCUT2D eigenvalue weighted by Gasteiger charge is -2.32. The zero-order valence-electron chi connectivity index (χ0n) is 12.0. The maximum Gasteiger partial charge on any atom is 0.214 e. The fraction of sp³-hybridized carbons (Fsp3) is 0.294. The fourth-order valence-electron chi connectivity index (χ4n) is 2.34. The number of hydrogen-bond acceptors (Lipinski definition) is 4. The van der Waals surface area contributed by atoms with Crippen LogP contribution in [0.1, 0.15) is 17.3 Å². The van der Waals surface area contributed by atoms with Gasteiger partial charge in [-0.2, -0.15) is 0 Å². The summed E-state index contributed by atoms with van der Waals surface area (Å²) in [5.41, 5.74) is 2.38. The largest absolute Gasteiger partial charge is 0.474 e. The van der Waals surface area contributed by atoms with Gasteiger partial charge in [0.05, 0.1) is 5.69 Å². The van der Waals surface area contributed by atoms with Crippen molar-refractivity contribution in [1.82, 2.24) is 10.3 Å². The highest BCUT2D eigenvalue weighted by Crippen LogP contribution is 2.22. The molecular formula is C17H18N2O2. The molecule has 0 radical (unpaired) electrons. The van der Waals surface area contributed by atoms with Crippen molar-refractivity contribution in [3.8, 4) is 17.1 Å². The van der Waals surface area contributed by atoms with Gasteiger partial charge in [-0.25, -0.2) is 4.98 Å². The number of carbonyl (C=O) groups excluding carboxylic acids is 1. The lowest BCUT2D eigenvalue weighted by molar-refractivity contribution is 0.110. The van der Waals surface area contributed by atoms with Crippen molar-refractivity contribution in [3.05, 3.63) is 48.0 Å². The molecule has 0 aliphatic carbocycles. The van der Waals surface area contributed by atoms with Crippen molar-refractivity contribution in [2.75, 3.05) is 13.1 Å². The van der Waals surface area contributed by atoms with Gasteiger partial charge in [-0.3, -0.25) is 4.79 Å². The van der Waals surface area contributed by atoms with E-state index in [2.05, 4.69) is 17.2 Å². The van der Waals surface area contributed by atoms with E-state index in [0.717, 1.165) is 30.6 Å². The fourth-order valence-corrected chi connectivity index (χ4v) is 2.34. The molecule has 2 heterocycles. The number of pyridine rings is 1. The van der Waals surface area contributed by atoms with Crippen molar-refractivity contribution >= 4 is 6.29 Å². The van der Waals surface area contributed by atoms with Crippen LogP contribution >= 0.6 is 0 Å². The topological polar surface area (TPSA) is 51.2 Å². The number of nitrogens with zero attached hydrogens (tertiary/aromatic N) is 1. The smallest absolute Gasteiger partial charge is 0.214 e. The molecule has 1 aliphatic heterocycles. The third-order valence-electron chi connectivity index (χ3n) is 3.83. The minimum absolute atomic E-state index is 0.148.